The second kappa shape index (κ2) is 14.1. The van der Waals surface area contributed by atoms with Gasteiger partial charge in [0.15, 0.2) is 7.14 Å². The molecule has 0 aliphatic carbocycles. The van der Waals surface area contributed by atoms with Crippen molar-refractivity contribution in [3.8, 4) is 0 Å². The van der Waals surface area contributed by atoms with Crippen molar-refractivity contribution in [2.45, 2.75) is 12.3 Å². The molecule has 3 aromatic heterocycles. The van der Waals surface area contributed by atoms with Crippen LogP contribution in [0.1, 0.15) is 23.7 Å². The van der Waals surface area contributed by atoms with Gasteiger partial charge in [-0.2, -0.15) is 91.0 Å². The van der Waals surface area contributed by atoms with Gasteiger partial charge < -0.3 is 4.57 Å². The van der Waals surface area contributed by atoms with E-state index >= 15 is 0 Å². The number of pyridine rings is 3. The van der Waals surface area contributed by atoms with Gasteiger partial charge in [0.2, 0.25) is 0 Å². The van der Waals surface area contributed by atoms with Gasteiger partial charge in [-0.05, 0) is 43.3 Å². The van der Waals surface area contributed by atoms with Crippen molar-refractivity contribution < 1.29 is 24.7 Å². The quantitative estimate of drug-likeness (QED) is 0.157. The molecular formula is C35H27IrN3OP. The van der Waals surface area contributed by atoms with Crippen LogP contribution in [0.2, 0.25) is 0 Å². The Kier molecular flexibility index (Phi) is 10.3. The van der Waals surface area contributed by atoms with E-state index in [0.717, 1.165) is 16.8 Å². The molecule has 0 saturated carbocycles. The molecule has 6 aromatic rings. The summed E-state index contributed by atoms with van der Waals surface area (Å²) in [6, 6.07) is 50.0. The first-order chi connectivity index (χ1) is 19.6. The zero-order valence-corrected chi connectivity index (χ0v) is 25.7. The number of aromatic nitrogens is 3. The minimum Gasteiger partial charge on any atom is -0.308 e. The first-order valence-corrected chi connectivity index (χ1v) is 14.6. The molecule has 0 atom stereocenters. The van der Waals surface area contributed by atoms with Gasteiger partial charge in [-0.3, -0.25) is 15.0 Å². The van der Waals surface area contributed by atoms with Crippen molar-refractivity contribution in [2.24, 2.45) is 0 Å². The van der Waals surface area contributed by atoms with Crippen LogP contribution in [-0.4, -0.2) is 15.0 Å². The van der Waals surface area contributed by atoms with Gasteiger partial charge in [0.25, 0.3) is 0 Å². The van der Waals surface area contributed by atoms with Crippen molar-refractivity contribution in [1.82, 2.24) is 15.0 Å². The summed E-state index contributed by atoms with van der Waals surface area (Å²) < 4.78 is 13.7. The van der Waals surface area contributed by atoms with Crippen molar-refractivity contribution in [2.75, 3.05) is 0 Å². The van der Waals surface area contributed by atoms with Gasteiger partial charge >= 0.3 is 20.1 Å². The van der Waals surface area contributed by atoms with Crippen LogP contribution in [0.25, 0.3) is 0 Å². The van der Waals surface area contributed by atoms with E-state index in [1.54, 1.807) is 42.7 Å². The minimum absolute atomic E-state index is 0. The van der Waals surface area contributed by atoms with Crippen molar-refractivity contribution in [3.05, 3.63) is 181 Å². The summed E-state index contributed by atoms with van der Waals surface area (Å²) in [7, 11) is -3.05. The third-order valence-electron chi connectivity index (χ3n) is 6.65. The van der Waals surface area contributed by atoms with Crippen molar-refractivity contribution in [3.63, 3.8) is 0 Å². The smallest absolute Gasteiger partial charge is 0.308 e. The largest absolute Gasteiger partial charge is 3.00 e. The first-order valence-electron chi connectivity index (χ1n) is 12.9. The maximum absolute atomic E-state index is 13.7. The second-order valence-electron chi connectivity index (χ2n) is 9.13. The molecule has 41 heavy (non-hydrogen) atoms. The van der Waals surface area contributed by atoms with E-state index in [1.807, 2.05) is 85.1 Å². The predicted octanol–water partition coefficient (Wildman–Crippen LogP) is 5.95. The maximum Gasteiger partial charge on any atom is 3.00 e. The molecule has 3 aromatic carbocycles. The van der Waals surface area contributed by atoms with Crippen LogP contribution in [0.5, 0.6) is 0 Å². The van der Waals surface area contributed by atoms with E-state index in [1.165, 1.54) is 0 Å². The molecular weight excluding hydrogens is 702 g/mol. The van der Waals surface area contributed by atoms with Crippen LogP contribution in [0, 0.1) is 18.2 Å². The van der Waals surface area contributed by atoms with Crippen LogP contribution in [-0.2, 0) is 30.1 Å². The Morgan fingerprint density at radius 2 is 1.02 bits per heavy atom. The summed E-state index contributed by atoms with van der Waals surface area (Å²) in [6.45, 7) is 2.17. The summed E-state index contributed by atoms with van der Waals surface area (Å²) >= 11 is 0. The maximum atomic E-state index is 13.7. The summed E-state index contributed by atoms with van der Waals surface area (Å²) in [6.07, 6.45) is 5.13. The van der Waals surface area contributed by atoms with Crippen LogP contribution >= 0.6 is 7.14 Å². The molecule has 0 amide bonds. The molecule has 0 radical (unpaired) electrons. The number of benzene rings is 3. The standard InChI is InChI=1S/C19H15N.C16H12N2OP.Ir/c1-19(16-10-4-2-5-11-16,17-12-6-3-7-13-17)18-14-8-9-15-20-18;19-20(14-8-2-1-3-9-14,15-10-4-6-12-17-15)16-11-5-7-13-18-16;/h2-10,12,14-15H,1H3;1-8,10-13H;/q-2;-1;+3. The number of rotatable bonds is 6. The van der Waals surface area contributed by atoms with Crippen molar-refractivity contribution in [1.29, 1.82) is 0 Å². The molecule has 6 rings (SSSR count). The molecule has 0 bridgehead atoms. The van der Waals surface area contributed by atoms with Gasteiger partial charge in [0, 0.05) is 24.0 Å². The number of hydrogen-bond acceptors (Lipinski definition) is 4. The van der Waals surface area contributed by atoms with E-state index in [4.69, 9.17) is 0 Å². The summed E-state index contributed by atoms with van der Waals surface area (Å²) in [5.41, 5.74) is 3.92. The topological polar surface area (TPSA) is 55.7 Å². The molecule has 0 fully saturated rings. The van der Waals surface area contributed by atoms with E-state index < -0.39 is 7.14 Å². The van der Waals surface area contributed by atoms with Crippen molar-refractivity contribution >= 4 is 23.3 Å². The Morgan fingerprint density at radius 3 is 1.41 bits per heavy atom. The number of hydrogen-bond donors (Lipinski definition) is 0. The average Bonchev–Trinajstić information content (AvgIpc) is 3.07. The Balaban J connectivity index is 0.000000184. The minimum atomic E-state index is -3.05. The molecule has 0 aliphatic heterocycles. The summed E-state index contributed by atoms with van der Waals surface area (Å²) in [4.78, 5) is 13.1. The van der Waals surface area contributed by atoms with Gasteiger partial charge in [-0.25, -0.2) is 0 Å². The van der Waals surface area contributed by atoms with Gasteiger partial charge in [0.1, 0.15) is 10.9 Å². The zero-order valence-electron chi connectivity index (χ0n) is 22.4. The third-order valence-corrected chi connectivity index (χ3v) is 9.42. The fraction of sp³-hybridized carbons (Fsp3) is 0.0571. The Bertz CT molecular complexity index is 1460. The van der Waals surface area contributed by atoms with Gasteiger partial charge in [0.05, 0.1) is 5.69 Å². The predicted molar refractivity (Wildman–Crippen MR) is 161 cm³/mol. The molecule has 0 unspecified atom stereocenters. The monoisotopic (exact) mass is 729 g/mol. The molecule has 202 valence electrons. The van der Waals surface area contributed by atoms with Crippen LogP contribution in [0.3, 0.4) is 0 Å². The molecule has 0 N–H and O–H groups in total. The summed E-state index contributed by atoms with van der Waals surface area (Å²) in [5.74, 6) is 0. The van der Waals surface area contributed by atoms with Crippen LogP contribution in [0.15, 0.2) is 146 Å². The van der Waals surface area contributed by atoms with Gasteiger partial charge in [-0.1, -0.05) is 23.5 Å². The zero-order chi connectivity index (χ0) is 27.7. The molecule has 3 heterocycles. The number of nitrogens with zero attached hydrogens (tertiary/aromatic N) is 3. The first kappa shape index (κ1) is 30.0. The average molecular weight is 729 g/mol. The Labute approximate surface area is 255 Å². The SMILES string of the molecule is CC(c1[c-]cccc1)(c1[c-]cccc1)c1ccccn1.O=P(c1[c-]cccc1)(c1ccccn1)c1ccccn1.[Ir+3]. The van der Waals surface area contributed by atoms with E-state index in [0.29, 0.717) is 16.2 Å². The van der Waals surface area contributed by atoms with Gasteiger partial charge in [-0.15, -0.1) is 11.1 Å². The normalized spacial score (nSPS) is 11.0. The fourth-order valence-electron chi connectivity index (χ4n) is 4.51. The third kappa shape index (κ3) is 6.50. The fourth-order valence-corrected chi connectivity index (χ4v) is 6.84. The second-order valence-corrected chi connectivity index (χ2v) is 11.7. The molecule has 0 saturated heterocycles. The van der Waals surface area contributed by atoms with E-state index in [2.05, 4.69) is 58.3 Å². The van der Waals surface area contributed by atoms with E-state index in [9.17, 15) is 4.57 Å². The molecule has 6 heteroatoms. The Morgan fingerprint density at radius 1 is 0.561 bits per heavy atom. The van der Waals surface area contributed by atoms with Crippen LogP contribution < -0.4 is 16.2 Å². The Hall–Kier alpha value is -4.01. The molecule has 0 spiro atoms. The van der Waals surface area contributed by atoms with E-state index in [-0.39, 0.29) is 25.5 Å². The summed E-state index contributed by atoms with van der Waals surface area (Å²) in [5, 5.41) is 0.623. The van der Waals surface area contributed by atoms with Crippen LogP contribution in [0.4, 0.5) is 0 Å². The molecule has 0 aliphatic rings. The molecule has 4 nitrogen and oxygen atoms in total.